The third kappa shape index (κ3) is 1.95. The average molecular weight is 286 g/mol. The summed E-state index contributed by atoms with van der Waals surface area (Å²) in [5.41, 5.74) is 10.3. The normalized spacial score (nSPS) is 12.8. The second kappa shape index (κ2) is 4.84. The molecule has 2 aromatic carbocycles. The number of rotatable bonds is 2. The molecule has 0 aliphatic carbocycles. The summed E-state index contributed by atoms with van der Waals surface area (Å²) in [7, 11) is 0. The number of fused-ring (bicyclic) bond motifs is 1. The molecule has 0 radical (unpaired) electrons. The van der Waals surface area contributed by atoms with Crippen molar-refractivity contribution in [1.82, 2.24) is 9.55 Å². The third-order valence-electron chi connectivity index (χ3n) is 3.69. The van der Waals surface area contributed by atoms with Crippen LogP contribution in [0.15, 0.2) is 42.5 Å². The van der Waals surface area contributed by atoms with Crippen LogP contribution in [0.2, 0.25) is 5.02 Å². The van der Waals surface area contributed by atoms with Crippen LogP contribution in [-0.2, 0) is 0 Å². The summed E-state index contributed by atoms with van der Waals surface area (Å²) in [6.45, 7) is 4.13. The van der Waals surface area contributed by atoms with E-state index in [1.54, 1.807) is 0 Å². The first kappa shape index (κ1) is 13.0. The number of nitrogen functional groups attached to an aromatic ring is 1. The van der Waals surface area contributed by atoms with Crippen LogP contribution in [0.1, 0.15) is 24.1 Å². The minimum Gasteiger partial charge on any atom is -0.369 e. The van der Waals surface area contributed by atoms with Crippen molar-refractivity contribution in [3.8, 4) is 0 Å². The average Bonchev–Trinajstić information content (AvgIpc) is 2.76. The molecule has 1 atom stereocenters. The van der Waals surface area contributed by atoms with Crippen molar-refractivity contribution in [2.24, 2.45) is 0 Å². The Bertz CT molecular complexity index is 776. The number of aromatic nitrogens is 2. The van der Waals surface area contributed by atoms with E-state index in [2.05, 4.69) is 11.9 Å². The lowest BCUT2D eigenvalue weighted by atomic mass is 10.1. The SMILES string of the molecule is Cc1cccc2c1nc(N)n2C(C)c1ccccc1Cl. The van der Waals surface area contributed by atoms with Gasteiger partial charge in [-0.15, -0.1) is 0 Å². The number of hydrogen-bond acceptors (Lipinski definition) is 2. The Labute approximate surface area is 123 Å². The highest BCUT2D eigenvalue weighted by Crippen LogP contribution is 2.31. The predicted molar refractivity (Wildman–Crippen MR) is 84.1 cm³/mol. The Morgan fingerprint density at radius 2 is 1.90 bits per heavy atom. The van der Waals surface area contributed by atoms with Crippen molar-refractivity contribution in [3.63, 3.8) is 0 Å². The standard InChI is InChI=1S/C16H16ClN3/c1-10-6-5-9-14-15(10)19-16(18)20(14)11(2)12-7-3-4-8-13(12)17/h3-9,11H,1-2H3,(H2,18,19). The molecule has 20 heavy (non-hydrogen) atoms. The lowest BCUT2D eigenvalue weighted by molar-refractivity contribution is 0.668. The minimum absolute atomic E-state index is 0.0375. The summed E-state index contributed by atoms with van der Waals surface area (Å²) in [5.74, 6) is 0.515. The molecule has 102 valence electrons. The zero-order chi connectivity index (χ0) is 14.3. The molecular formula is C16H16ClN3. The molecule has 1 heterocycles. The maximum absolute atomic E-state index is 6.30. The van der Waals surface area contributed by atoms with Crippen LogP contribution >= 0.6 is 11.6 Å². The van der Waals surface area contributed by atoms with Crippen molar-refractivity contribution >= 4 is 28.6 Å². The molecule has 0 aliphatic rings. The second-order valence-electron chi connectivity index (χ2n) is 4.98. The fraction of sp³-hybridized carbons (Fsp3) is 0.188. The Balaban J connectivity index is 2.22. The number of hydrogen-bond donors (Lipinski definition) is 1. The van der Waals surface area contributed by atoms with Gasteiger partial charge in [0, 0.05) is 5.02 Å². The van der Waals surface area contributed by atoms with E-state index in [1.165, 1.54) is 0 Å². The molecule has 0 amide bonds. The molecule has 1 unspecified atom stereocenters. The smallest absolute Gasteiger partial charge is 0.201 e. The molecular weight excluding hydrogens is 270 g/mol. The molecule has 0 aliphatic heterocycles. The molecule has 0 saturated carbocycles. The maximum atomic E-state index is 6.30. The number of nitrogens with two attached hydrogens (primary N) is 1. The van der Waals surface area contributed by atoms with Crippen molar-refractivity contribution in [1.29, 1.82) is 0 Å². The fourth-order valence-electron chi connectivity index (χ4n) is 2.64. The van der Waals surface area contributed by atoms with Gasteiger partial charge in [-0.25, -0.2) is 4.98 Å². The molecule has 3 nitrogen and oxygen atoms in total. The maximum Gasteiger partial charge on any atom is 0.201 e. The topological polar surface area (TPSA) is 43.8 Å². The zero-order valence-electron chi connectivity index (χ0n) is 11.5. The molecule has 0 bridgehead atoms. The van der Waals surface area contributed by atoms with Crippen LogP contribution in [0, 0.1) is 6.92 Å². The van der Waals surface area contributed by atoms with E-state index >= 15 is 0 Å². The molecule has 3 aromatic rings. The highest BCUT2D eigenvalue weighted by molar-refractivity contribution is 6.31. The van der Waals surface area contributed by atoms with Gasteiger partial charge in [-0.3, -0.25) is 0 Å². The molecule has 1 aromatic heterocycles. The quantitative estimate of drug-likeness (QED) is 0.767. The van der Waals surface area contributed by atoms with Crippen LogP contribution in [0.3, 0.4) is 0 Å². The van der Waals surface area contributed by atoms with E-state index in [-0.39, 0.29) is 6.04 Å². The Hall–Kier alpha value is -2.00. The highest BCUT2D eigenvalue weighted by Gasteiger charge is 2.18. The first-order valence-electron chi connectivity index (χ1n) is 6.57. The van der Waals surface area contributed by atoms with E-state index < -0.39 is 0 Å². The van der Waals surface area contributed by atoms with Gasteiger partial charge in [0.15, 0.2) is 0 Å². The zero-order valence-corrected chi connectivity index (χ0v) is 12.2. The summed E-state index contributed by atoms with van der Waals surface area (Å²) in [6, 6.07) is 14.0. The summed E-state index contributed by atoms with van der Waals surface area (Å²) in [6.07, 6.45) is 0. The van der Waals surface area contributed by atoms with Crippen molar-refractivity contribution in [2.75, 3.05) is 5.73 Å². The molecule has 2 N–H and O–H groups in total. The van der Waals surface area contributed by atoms with Crippen LogP contribution < -0.4 is 5.73 Å². The third-order valence-corrected chi connectivity index (χ3v) is 4.04. The molecule has 0 spiro atoms. The van der Waals surface area contributed by atoms with Crippen LogP contribution in [-0.4, -0.2) is 9.55 Å². The highest BCUT2D eigenvalue weighted by atomic mass is 35.5. The molecule has 0 fully saturated rings. The van der Waals surface area contributed by atoms with Gasteiger partial charge in [0.25, 0.3) is 0 Å². The summed E-state index contributed by atoms with van der Waals surface area (Å²) < 4.78 is 2.03. The molecule has 4 heteroatoms. The first-order chi connectivity index (χ1) is 9.59. The fourth-order valence-corrected chi connectivity index (χ4v) is 2.93. The van der Waals surface area contributed by atoms with Gasteiger partial charge in [-0.2, -0.15) is 0 Å². The molecule has 3 rings (SSSR count). The summed E-state index contributed by atoms with van der Waals surface area (Å²) in [5, 5.41) is 0.744. The van der Waals surface area contributed by atoms with E-state index in [9.17, 15) is 0 Å². The minimum atomic E-state index is 0.0375. The monoisotopic (exact) mass is 285 g/mol. The molecule has 0 saturated heterocycles. The van der Waals surface area contributed by atoms with Gasteiger partial charge in [-0.1, -0.05) is 41.9 Å². The number of anilines is 1. The van der Waals surface area contributed by atoms with Crippen LogP contribution in [0.25, 0.3) is 11.0 Å². The van der Waals surface area contributed by atoms with Gasteiger partial charge in [0.2, 0.25) is 5.95 Å². The largest absolute Gasteiger partial charge is 0.369 e. The Morgan fingerprint density at radius 1 is 1.15 bits per heavy atom. The van der Waals surface area contributed by atoms with Gasteiger partial charge >= 0.3 is 0 Å². The van der Waals surface area contributed by atoms with Gasteiger partial charge < -0.3 is 10.3 Å². The predicted octanol–water partition coefficient (Wildman–Crippen LogP) is 4.19. The Kier molecular flexibility index (Phi) is 3.14. The number of benzene rings is 2. The van der Waals surface area contributed by atoms with Gasteiger partial charge in [0.1, 0.15) is 0 Å². The van der Waals surface area contributed by atoms with E-state index in [0.29, 0.717) is 5.95 Å². The number of halogens is 1. The lowest BCUT2D eigenvalue weighted by Gasteiger charge is -2.17. The number of para-hydroxylation sites is 1. The van der Waals surface area contributed by atoms with Gasteiger partial charge in [0.05, 0.1) is 17.1 Å². The summed E-state index contributed by atoms with van der Waals surface area (Å²) >= 11 is 6.30. The van der Waals surface area contributed by atoms with Gasteiger partial charge in [-0.05, 0) is 37.1 Å². The van der Waals surface area contributed by atoms with E-state index in [0.717, 1.165) is 27.2 Å². The second-order valence-corrected chi connectivity index (χ2v) is 5.39. The number of nitrogens with zero attached hydrogens (tertiary/aromatic N) is 2. The lowest BCUT2D eigenvalue weighted by Crippen LogP contribution is -2.10. The van der Waals surface area contributed by atoms with Crippen molar-refractivity contribution < 1.29 is 0 Å². The van der Waals surface area contributed by atoms with Crippen LogP contribution in [0.5, 0.6) is 0 Å². The summed E-state index contributed by atoms with van der Waals surface area (Å²) in [4.78, 5) is 4.49. The Morgan fingerprint density at radius 3 is 2.65 bits per heavy atom. The van der Waals surface area contributed by atoms with Crippen molar-refractivity contribution in [3.05, 3.63) is 58.6 Å². The van der Waals surface area contributed by atoms with E-state index in [1.807, 2.05) is 54.0 Å². The number of aryl methyl sites for hydroxylation is 1. The van der Waals surface area contributed by atoms with Crippen molar-refractivity contribution in [2.45, 2.75) is 19.9 Å². The van der Waals surface area contributed by atoms with Crippen LogP contribution in [0.4, 0.5) is 5.95 Å². The first-order valence-corrected chi connectivity index (χ1v) is 6.95. The van der Waals surface area contributed by atoms with E-state index in [4.69, 9.17) is 17.3 Å². The number of imidazole rings is 1.